The molecular weight excluding hydrogens is 479 g/mol. The highest BCUT2D eigenvalue weighted by Crippen LogP contribution is 2.37. The van der Waals surface area contributed by atoms with Crippen LogP contribution >= 0.6 is 0 Å². The fourth-order valence-electron chi connectivity index (χ4n) is 5.02. The van der Waals surface area contributed by atoms with E-state index in [1.807, 2.05) is 83.1 Å². The zero-order valence-corrected chi connectivity index (χ0v) is 23.7. The molecule has 1 atom stereocenters. The van der Waals surface area contributed by atoms with Crippen LogP contribution in [0.3, 0.4) is 0 Å². The van der Waals surface area contributed by atoms with Gasteiger partial charge in [-0.05, 0) is 108 Å². The number of nitrogens with two attached hydrogens (primary N) is 2. The Morgan fingerprint density at radius 1 is 0.895 bits per heavy atom. The van der Waals surface area contributed by atoms with E-state index in [1.165, 1.54) is 0 Å². The first-order valence-electron chi connectivity index (χ1n) is 13.8. The van der Waals surface area contributed by atoms with Crippen LogP contribution in [0.4, 0.5) is 4.39 Å². The third-order valence-electron chi connectivity index (χ3n) is 7.65. The van der Waals surface area contributed by atoms with Crippen LogP contribution in [0.2, 0.25) is 0 Å². The summed E-state index contributed by atoms with van der Waals surface area (Å²) in [6.45, 7) is 10.2. The van der Waals surface area contributed by atoms with Crippen LogP contribution in [0.15, 0.2) is 48.5 Å². The SMILES string of the molecule is CC(C)(N)CC(C)(N)C(C)(C)C(=O)OCCCCCOc1ccc(C2=C(F)c3ccccc3CCC2)cc1. The summed E-state index contributed by atoms with van der Waals surface area (Å²) in [5.74, 6) is 0.351. The topological polar surface area (TPSA) is 87.6 Å². The molecule has 1 unspecified atom stereocenters. The summed E-state index contributed by atoms with van der Waals surface area (Å²) < 4.78 is 26.7. The third kappa shape index (κ3) is 7.67. The van der Waals surface area contributed by atoms with Crippen LogP contribution in [-0.2, 0) is 16.0 Å². The Kier molecular flexibility index (Phi) is 9.77. The average molecular weight is 525 g/mol. The molecule has 6 heteroatoms. The molecule has 5 nitrogen and oxygen atoms in total. The second-order valence-corrected chi connectivity index (χ2v) is 12.1. The van der Waals surface area contributed by atoms with Crippen molar-refractivity contribution < 1.29 is 18.7 Å². The maximum atomic E-state index is 15.3. The molecule has 0 amide bonds. The van der Waals surface area contributed by atoms with Gasteiger partial charge < -0.3 is 20.9 Å². The third-order valence-corrected chi connectivity index (χ3v) is 7.65. The van der Waals surface area contributed by atoms with Crippen molar-refractivity contribution in [3.63, 3.8) is 0 Å². The molecule has 2 aromatic rings. The van der Waals surface area contributed by atoms with Gasteiger partial charge in [0.15, 0.2) is 0 Å². The smallest absolute Gasteiger partial charge is 0.313 e. The number of ether oxygens (including phenoxy) is 2. The van der Waals surface area contributed by atoms with E-state index in [0.717, 1.165) is 61.0 Å². The second-order valence-electron chi connectivity index (χ2n) is 12.1. The molecule has 1 aliphatic carbocycles. The number of benzene rings is 2. The van der Waals surface area contributed by atoms with E-state index >= 15 is 4.39 Å². The summed E-state index contributed by atoms with van der Waals surface area (Å²) in [4.78, 5) is 12.7. The number of carbonyl (C=O) groups excluding carboxylic acids is 1. The first-order valence-corrected chi connectivity index (χ1v) is 13.8. The lowest BCUT2D eigenvalue weighted by Gasteiger charge is -2.42. The van der Waals surface area contributed by atoms with E-state index in [-0.39, 0.29) is 11.8 Å². The van der Waals surface area contributed by atoms with Crippen molar-refractivity contribution in [3.8, 4) is 5.75 Å². The van der Waals surface area contributed by atoms with Crippen molar-refractivity contribution >= 4 is 17.4 Å². The van der Waals surface area contributed by atoms with Gasteiger partial charge in [0, 0.05) is 16.6 Å². The molecule has 0 fully saturated rings. The minimum Gasteiger partial charge on any atom is -0.494 e. The maximum absolute atomic E-state index is 15.3. The van der Waals surface area contributed by atoms with Gasteiger partial charge >= 0.3 is 5.97 Å². The van der Waals surface area contributed by atoms with Crippen molar-refractivity contribution in [1.82, 2.24) is 0 Å². The van der Waals surface area contributed by atoms with E-state index in [4.69, 9.17) is 20.9 Å². The van der Waals surface area contributed by atoms with Gasteiger partial charge in [-0.1, -0.05) is 36.4 Å². The molecule has 1 aliphatic rings. The minimum absolute atomic E-state index is 0.116. The molecule has 0 saturated carbocycles. The molecule has 4 N–H and O–H groups in total. The molecule has 2 aromatic carbocycles. The molecule has 38 heavy (non-hydrogen) atoms. The lowest BCUT2D eigenvalue weighted by molar-refractivity contribution is -0.158. The van der Waals surface area contributed by atoms with Gasteiger partial charge in [0.25, 0.3) is 0 Å². The summed E-state index contributed by atoms with van der Waals surface area (Å²) in [6.07, 6.45) is 5.52. The van der Waals surface area contributed by atoms with Gasteiger partial charge in [0.1, 0.15) is 11.6 Å². The number of hydrogen-bond acceptors (Lipinski definition) is 5. The molecular formula is C32H45FN2O3. The minimum atomic E-state index is -0.849. The number of unbranched alkanes of at least 4 members (excludes halogenated alkanes) is 2. The van der Waals surface area contributed by atoms with Crippen molar-refractivity contribution in [2.45, 2.75) is 90.6 Å². The molecule has 0 radical (unpaired) electrons. The van der Waals surface area contributed by atoms with Gasteiger partial charge in [-0.15, -0.1) is 0 Å². The second kappa shape index (κ2) is 12.4. The standard InChI is InChI=1S/C32H45FN2O3/c1-30(2,34)22-32(5,35)31(3,4)29(36)38-21-10-6-9-20-37-25-18-16-24(17-19-25)27-15-11-13-23-12-7-8-14-26(23)28(27)33/h7-8,12,14,16-19H,6,9-11,13,15,20-22,34-35H2,1-5H3. The Labute approximate surface area is 227 Å². The van der Waals surface area contributed by atoms with E-state index in [9.17, 15) is 4.79 Å². The number of esters is 1. The fraction of sp³-hybridized carbons (Fsp3) is 0.531. The molecule has 0 heterocycles. The molecule has 3 rings (SSSR count). The number of carbonyl (C=O) groups is 1. The van der Waals surface area contributed by atoms with E-state index < -0.39 is 16.5 Å². The predicted octanol–water partition coefficient (Wildman–Crippen LogP) is 6.82. The lowest BCUT2D eigenvalue weighted by atomic mass is 9.68. The van der Waals surface area contributed by atoms with Gasteiger partial charge in [0.2, 0.25) is 0 Å². The van der Waals surface area contributed by atoms with E-state index in [0.29, 0.717) is 25.2 Å². The summed E-state index contributed by atoms with van der Waals surface area (Å²) in [7, 11) is 0. The normalized spacial score (nSPS) is 15.9. The Morgan fingerprint density at radius 3 is 2.24 bits per heavy atom. The van der Waals surface area contributed by atoms with Crippen molar-refractivity contribution in [3.05, 3.63) is 65.2 Å². The monoisotopic (exact) mass is 524 g/mol. The van der Waals surface area contributed by atoms with Crippen LogP contribution in [0.25, 0.3) is 11.4 Å². The molecule has 0 aliphatic heterocycles. The number of hydrogen-bond donors (Lipinski definition) is 2. The van der Waals surface area contributed by atoms with Gasteiger partial charge in [-0.3, -0.25) is 4.79 Å². The molecule has 0 aromatic heterocycles. The zero-order valence-electron chi connectivity index (χ0n) is 23.7. The molecule has 0 saturated heterocycles. The van der Waals surface area contributed by atoms with Crippen LogP contribution in [0.5, 0.6) is 5.75 Å². The van der Waals surface area contributed by atoms with Crippen LogP contribution < -0.4 is 16.2 Å². The number of allylic oxidation sites excluding steroid dienone is 1. The summed E-state index contributed by atoms with van der Waals surface area (Å²) in [5, 5.41) is 0. The Morgan fingerprint density at radius 2 is 1.55 bits per heavy atom. The quantitative estimate of drug-likeness (QED) is 0.235. The van der Waals surface area contributed by atoms with E-state index in [2.05, 4.69) is 0 Å². The molecule has 0 bridgehead atoms. The largest absolute Gasteiger partial charge is 0.494 e. The van der Waals surface area contributed by atoms with Crippen molar-refractivity contribution in [2.75, 3.05) is 13.2 Å². The van der Waals surface area contributed by atoms with E-state index in [1.54, 1.807) is 0 Å². The highest BCUT2D eigenvalue weighted by Gasteiger charge is 2.46. The first-order chi connectivity index (χ1) is 17.8. The summed E-state index contributed by atoms with van der Waals surface area (Å²) in [5.41, 5.74) is 14.0. The fourth-order valence-corrected chi connectivity index (χ4v) is 5.02. The highest BCUT2D eigenvalue weighted by molar-refractivity contribution is 5.88. The van der Waals surface area contributed by atoms with Crippen molar-refractivity contribution in [1.29, 1.82) is 0 Å². The Bertz CT molecular complexity index is 1110. The zero-order chi connectivity index (χ0) is 28.0. The van der Waals surface area contributed by atoms with Crippen molar-refractivity contribution in [2.24, 2.45) is 16.9 Å². The van der Waals surface area contributed by atoms with Crippen LogP contribution in [-0.4, -0.2) is 30.3 Å². The summed E-state index contributed by atoms with van der Waals surface area (Å²) in [6, 6.07) is 15.4. The van der Waals surface area contributed by atoms with Gasteiger partial charge in [-0.25, -0.2) is 4.39 Å². The maximum Gasteiger partial charge on any atom is 0.313 e. The Balaban J connectivity index is 1.41. The lowest BCUT2D eigenvalue weighted by Crippen LogP contribution is -2.59. The first kappa shape index (κ1) is 29.9. The highest BCUT2D eigenvalue weighted by atomic mass is 19.1. The molecule has 0 spiro atoms. The predicted molar refractivity (Wildman–Crippen MR) is 153 cm³/mol. The number of aryl methyl sites for hydroxylation is 1. The van der Waals surface area contributed by atoms with Crippen LogP contribution in [0.1, 0.15) is 89.8 Å². The summed E-state index contributed by atoms with van der Waals surface area (Å²) >= 11 is 0. The van der Waals surface area contributed by atoms with Gasteiger partial charge in [0.05, 0.1) is 18.6 Å². The molecule has 208 valence electrons. The van der Waals surface area contributed by atoms with Gasteiger partial charge in [-0.2, -0.15) is 0 Å². The number of fused-ring (bicyclic) bond motifs is 1. The van der Waals surface area contributed by atoms with Crippen LogP contribution in [0, 0.1) is 5.41 Å². The number of rotatable bonds is 12. The Hall–Kier alpha value is -2.70. The number of halogens is 1. The average Bonchev–Trinajstić information content (AvgIpc) is 3.01.